The van der Waals surface area contributed by atoms with Gasteiger partial charge in [0.2, 0.25) is 0 Å². The first kappa shape index (κ1) is 20.4. The van der Waals surface area contributed by atoms with Crippen LogP contribution in [0.15, 0.2) is 29.7 Å². The highest BCUT2D eigenvalue weighted by Crippen LogP contribution is 2.38. The van der Waals surface area contributed by atoms with Crippen LogP contribution in [0.3, 0.4) is 0 Å². The SMILES string of the molecule is CCOC(=O)C(=O)c1ccc(C=C(CN)B2OC(C)(C)C(C)(C)O2)cc1. The van der Waals surface area contributed by atoms with Gasteiger partial charge in [-0.3, -0.25) is 4.79 Å². The van der Waals surface area contributed by atoms with Gasteiger partial charge in [-0.1, -0.05) is 30.3 Å². The van der Waals surface area contributed by atoms with Gasteiger partial charge in [-0.25, -0.2) is 4.79 Å². The Labute approximate surface area is 154 Å². The van der Waals surface area contributed by atoms with Crippen LogP contribution in [-0.2, 0) is 18.8 Å². The number of carbonyl (C=O) groups excluding carboxylic acids is 2. The summed E-state index contributed by atoms with van der Waals surface area (Å²) in [5, 5.41) is 0. The van der Waals surface area contributed by atoms with E-state index < -0.39 is 30.1 Å². The first-order valence-corrected chi connectivity index (χ1v) is 8.69. The van der Waals surface area contributed by atoms with Crippen molar-refractivity contribution < 1.29 is 23.6 Å². The van der Waals surface area contributed by atoms with Crippen molar-refractivity contribution in [3.63, 3.8) is 0 Å². The average Bonchev–Trinajstić information content (AvgIpc) is 2.80. The molecule has 1 aromatic rings. The number of hydrogen-bond donors (Lipinski definition) is 1. The number of rotatable bonds is 6. The van der Waals surface area contributed by atoms with Crippen molar-refractivity contribution in [1.82, 2.24) is 0 Å². The van der Waals surface area contributed by atoms with Crippen LogP contribution in [0.5, 0.6) is 0 Å². The predicted octanol–water partition coefficient (Wildman–Crippen LogP) is 2.41. The molecule has 1 saturated heterocycles. The molecule has 0 unspecified atom stereocenters. The molecule has 1 fully saturated rings. The number of nitrogens with two attached hydrogens (primary N) is 1. The van der Waals surface area contributed by atoms with Gasteiger partial charge in [-0.15, -0.1) is 0 Å². The zero-order valence-electron chi connectivity index (χ0n) is 16.0. The third-order valence-corrected chi connectivity index (χ3v) is 4.78. The molecule has 2 rings (SSSR count). The van der Waals surface area contributed by atoms with Crippen molar-refractivity contribution in [2.24, 2.45) is 5.73 Å². The van der Waals surface area contributed by atoms with Crippen LogP contribution in [0, 0.1) is 0 Å². The van der Waals surface area contributed by atoms with Crippen LogP contribution >= 0.6 is 0 Å². The molecule has 1 aliphatic heterocycles. The van der Waals surface area contributed by atoms with E-state index in [1.54, 1.807) is 31.2 Å². The van der Waals surface area contributed by atoms with Crippen LogP contribution in [0.2, 0.25) is 0 Å². The standard InChI is InChI=1S/C19H26BNO5/c1-6-24-17(23)16(22)14-9-7-13(8-10-14)11-15(12-21)20-25-18(2,3)19(4,5)26-20/h7-11H,6,12,21H2,1-5H3. The van der Waals surface area contributed by atoms with Gasteiger partial charge in [0.05, 0.1) is 17.8 Å². The molecule has 6 nitrogen and oxygen atoms in total. The van der Waals surface area contributed by atoms with Gasteiger partial charge in [-0.05, 0) is 45.7 Å². The molecule has 26 heavy (non-hydrogen) atoms. The molecular formula is C19H26BNO5. The van der Waals surface area contributed by atoms with Gasteiger partial charge in [0.15, 0.2) is 0 Å². The summed E-state index contributed by atoms with van der Waals surface area (Å²) in [6, 6.07) is 6.66. The second-order valence-corrected chi connectivity index (χ2v) is 7.18. The fourth-order valence-corrected chi connectivity index (χ4v) is 2.48. The highest BCUT2D eigenvalue weighted by molar-refractivity contribution is 6.55. The summed E-state index contributed by atoms with van der Waals surface area (Å²) < 4.78 is 16.8. The molecule has 0 aromatic heterocycles. The normalized spacial score (nSPS) is 18.7. The van der Waals surface area contributed by atoms with E-state index in [1.807, 2.05) is 33.8 Å². The molecule has 0 atom stereocenters. The van der Waals surface area contributed by atoms with Gasteiger partial charge in [0.1, 0.15) is 0 Å². The largest absolute Gasteiger partial charge is 0.491 e. The first-order valence-electron chi connectivity index (χ1n) is 8.69. The van der Waals surface area contributed by atoms with Crippen LogP contribution in [0.4, 0.5) is 0 Å². The number of ketones is 1. The fraction of sp³-hybridized carbons (Fsp3) is 0.474. The van der Waals surface area contributed by atoms with Crippen molar-refractivity contribution in [2.75, 3.05) is 13.2 Å². The zero-order chi connectivity index (χ0) is 19.5. The lowest BCUT2D eigenvalue weighted by Crippen LogP contribution is -2.41. The van der Waals surface area contributed by atoms with E-state index >= 15 is 0 Å². The Morgan fingerprint density at radius 3 is 2.12 bits per heavy atom. The summed E-state index contributed by atoms with van der Waals surface area (Å²) in [7, 11) is -0.522. The minimum Gasteiger partial charge on any atom is -0.460 e. The molecule has 0 saturated carbocycles. The predicted molar refractivity (Wildman–Crippen MR) is 101 cm³/mol. The fourth-order valence-electron chi connectivity index (χ4n) is 2.48. The Kier molecular flexibility index (Phi) is 6.06. The topological polar surface area (TPSA) is 87.9 Å². The number of Topliss-reactive ketones (excluding diaryl/α,β-unsaturated/α-hetero) is 1. The number of benzene rings is 1. The van der Waals surface area contributed by atoms with Crippen LogP contribution in [-0.4, -0.2) is 43.2 Å². The molecule has 0 aliphatic carbocycles. The summed E-state index contributed by atoms with van der Waals surface area (Å²) in [5.41, 5.74) is 6.92. The second-order valence-electron chi connectivity index (χ2n) is 7.18. The molecule has 1 aliphatic rings. The van der Waals surface area contributed by atoms with E-state index in [9.17, 15) is 9.59 Å². The Morgan fingerprint density at radius 2 is 1.65 bits per heavy atom. The summed E-state index contributed by atoms with van der Waals surface area (Å²) in [6.45, 7) is 10.0. The summed E-state index contributed by atoms with van der Waals surface area (Å²) in [6.07, 6.45) is 1.88. The van der Waals surface area contributed by atoms with E-state index in [1.165, 1.54) is 0 Å². The Hall–Kier alpha value is -1.96. The minimum atomic E-state index is -0.851. The summed E-state index contributed by atoms with van der Waals surface area (Å²) in [5.74, 6) is -1.51. The number of ether oxygens (including phenoxy) is 1. The molecule has 140 valence electrons. The molecule has 1 aromatic carbocycles. The maximum atomic E-state index is 11.9. The smallest absolute Gasteiger partial charge is 0.460 e. The van der Waals surface area contributed by atoms with Crippen molar-refractivity contribution in [2.45, 2.75) is 45.8 Å². The molecule has 0 bridgehead atoms. The van der Waals surface area contributed by atoms with Gasteiger partial charge < -0.3 is 19.8 Å². The van der Waals surface area contributed by atoms with Crippen molar-refractivity contribution >= 4 is 24.9 Å². The minimum absolute atomic E-state index is 0.166. The van der Waals surface area contributed by atoms with E-state index in [2.05, 4.69) is 0 Å². The lowest BCUT2D eigenvalue weighted by atomic mass is 9.77. The first-order chi connectivity index (χ1) is 12.1. The molecule has 0 spiro atoms. The maximum absolute atomic E-state index is 11.9. The number of hydrogen-bond acceptors (Lipinski definition) is 6. The Morgan fingerprint density at radius 1 is 1.12 bits per heavy atom. The number of carbonyl (C=O) groups is 2. The summed E-state index contributed by atoms with van der Waals surface area (Å²) >= 11 is 0. The van der Waals surface area contributed by atoms with E-state index in [0.29, 0.717) is 0 Å². The molecule has 0 radical (unpaired) electrons. The van der Waals surface area contributed by atoms with E-state index in [-0.39, 0.29) is 18.7 Å². The molecular weight excluding hydrogens is 333 g/mol. The van der Waals surface area contributed by atoms with E-state index in [4.69, 9.17) is 19.8 Å². The molecule has 7 heteroatoms. The number of esters is 1. The van der Waals surface area contributed by atoms with Gasteiger partial charge in [0, 0.05) is 12.1 Å². The lowest BCUT2D eigenvalue weighted by molar-refractivity contribution is -0.137. The van der Waals surface area contributed by atoms with Crippen molar-refractivity contribution in [3.05, 3.63) is 40.9 Å². The van der Waals surface area contributed by atoms with Gasteiger partial charge >= 0.3 is 13.1 Å². The van der Waals surface area contributed by atoms with Crippen LogP contribution in [0.25, 0.3) is 6.08 Å². The Balaban J connectivity index is 2.18. The molecule has 0 amide bonds. The molecule has 2 N–H and O–H groups in total. The third kappa shape index (κ3) is 4.23. The van der Waals surface area contributed by atoms with E-state index in [0.717, 1.165) is 11.0 Å². The third-order valence-electron chi connectivity index (χ3n) is 4.78. The average molecular weight is 359 g/mol. The quantitative estimate of drug-likeness (QED) is 0.363. The van der Waals surface area contributed by atoms with Crippen LogP contribution in [0.1, 0.15) is 50.5 Å². The Bertz CT molecular complexity index is 693. The highest BCUT2D eigenvalue weighted by atomic mass is 16.7. The monoisotopic (exact) mass is 359 g/mol. The van der Waals surface area contributed by atoms with Crippen molar-refractivity contribution in [1.29, 1.82) is 0 Å². The van der Waals surface area contributed by atoms with Gasteiger partial charge in [-0.2, -0.15) is 0 Å². The summed E-state index contributed by atoms with van der Waals surface area (Å²) in [4.78, 5) is 23.4. The second kappa shape index (κ2) is 7.74. The van der Waals surface area contributed by atoms with Crippen LogP contribution < -0.4 is 5.73 Å². The lowest BCUT2D eigenvalue weighted by Gasteiger charge is -2.32. The maximum Gasteiger partial charge on any atom is 0.491 e. The molecule has 1 heterocycles. The van der Waals surface area contributed by atoms with Gasteiger partial charge in [0.25, 0.3) is 5.78 Å². The highest BCUT2D eigenvalue weighted by Gasteiger charge is 2.52. The zero-order valence-corrected chi connectivity index (χ0v) is 16.0. The van der Waals surface area contributed by atoms with Crippen molar-refractivity contribution in [3.8, 4) is 0 Å².